The lowest BCUT2D eigenvalue weighted by Gasteiger charge is -2.10. The number of anilines is 1. The lowest BCUT2D eigenvalue weighted by Crippen LogP contribution is -2.31. The van der Waals surface area contributed by atoms with Gasteiger partial charge in [-0.3, -0.25) is 4.79 Å². The summed E-state index contributed by atoms with van der Waals surface area (Å²) >= 11 is 0. The molecule has 6 nitrogen and oxygen atoms in total. The van der Waals surface area contributed by atoms with Crippen LogP contribution in [-0.2, 0) is 0 Å². The molecule has 1 heterocycles. The zero-order chi connectivity index (χ0) is 12.7. The van der Waals surface area contributed by atoms with Crippen molar-refractivity contribution in [3.8, 4) is 0 Å². The van der Waals surface area contributed by atoms with Crippen molar-refractivity contribution >= 4 is 11.7 Å². The molecule has 1 aromatic rings. The van der Waals surface area contributed by atoms with Crippen molar-refractivity contribution < 1.29 is 4.79 Å². The van der Waals surface area contributed by atoms with Gasteiger partial charge in [-0.05, 0) is 33.2 Å². The molecule has 0 saturated carbocycles. The fraction of sp³-hybridized carbons (Fsp3) is 0.545. The molecule has 0 saturated heterocycles. The molecule has 0 radical (unpaired) electrons. The number of aromatic nitrogens is 2. The predicted octanol–water partition coefficient (Wildman–Crippen LogP) is 0.200. The number of amides is 1. The van der Waals surface area contributed by atoms with Crippen LogP contribution in [0.3, 0.4) is 0 Å². The zero-order valence-electron chi connectivity index (χ0n) is 10.5. The molecule has 17 heavy (non-hydrogen) atoms. The Kier molecular flexibility index (Phi) is 5.35. The van der Waals surface area contributed by atoms with E-state index in [1.165, 1.54) is 0 Å². The van der Waals surface area contributed by atoms with E-state index in [-0.39, 0.29) is 5.91 Å². The average molecular weight is 237 g/mol. The van der Waals surface area contributed by atoms with Crippen LogP contribution in [-0.4, -0.2) is 54.7 Å². The standard InChI is InChI=1S/C11H19N5O/c1-4-12-10-6-5-9(14-15-10)11(17)13-7-8-16(2)3/h5-6H,4,7-8H2,1-3H3,(H,12,15)(H,13,17). The van der Waals surface area contributed by atoms with Gasteiger partial charge in [0.1, 0.15) is 5.82 Å². The van der Waals surface area contributed by atoms with Crippen LogP contribution in [0, 0.1) is 0 Å². The van der Waals surface area contributed by atoms with Crippen molar-refractivity contribution in [3.63, 3.8) is 0 Å². The van der Waals surface area contributed by atoms with E-state index in [4.69, 9.17) is 0 Å². The van der Waals surface area contributed by atoms with Crippen molar-refractivity contribution in [1.29, 1.82) is 0 Å². The van der Waals surface area contributed by atoms with E-state index in [0.29, 0.717) is 18.1 Å². The summed E-state index contributed by atoms with van der Waals surface area (Å²) in [7, 11) is 3.91. The number of nitrogens with one attached hydrogen (secondary N) is 2. The van der Waals surface area contributed by atoms with Crippen molar-refractivity contribution in [3.05, 3.63) is 17.8 Å². The smallest absolute Gasteiger partial charge is 0.271 e. The third kappa shape index (κ3) is 4.78. The SMILES string of the molecule is CCNc1ccc(C(=O)NCCN(C)C)nn1. The third-order valence-corrected chi connectivity index (χ3v) is 2.10. The van der Waals surface area contributed by atoms with Gasteiger partial charge < -0.3 is 15.5 Å². The van der Waals surface area contributed by atoms with Gasteiger partial charge in [-0.1, -0.05) is 0 Å². The number of hydrogen-bond acceptors (Lipinski definition) is 5. The van der Waals surface area contributed by atoms with Gasteiger partial charge >= 0.3 is 0 Å². The largest absolute Gasteiger partial charge is 0.369 e. The Balaban J connectivity index is 2.46. The van der Waals surface area contributed by atoms with Gasteiger partial charge in [-0.15, -0.1) is 10.2 Å². The fourth-order valence-corrected chi connectivity index (χ4v) is 1.21. The lowest BCUT2D eigenvalue weighted by atomic mass is 10.3. The molecule has 0 bridgehead atoms. The van der Waals surface area contributed by atoms with Crippen LogP contribution in [0.25, 0.3) is 0 Å². The molecule has 0 unspecified atom stereocenters. The van der Waals surface area contributed by atoms with Crippen LogP contribution in [0.4, 0.5) is 5.82 Å². The second kappa shape index (κ2) is 6.80. The molecule has 0 spiro atoms. The summed E-state index contributed by atoms with van der Waals surface area (Å²) in [5.41, 5.74) is 0.338. The Hall–Kier alpha value is -1.69. The van der Waals surface area contributed by atoms with E-state index in [0.717, 1.165) is 13.1 Å². The molecule has 1 rings (SSSR count). The molecule has 6 heteroatoms. The lowest BCUT2D eigenvalue weighted by molar-refractivity contribution is 0.0945. The summed E-state index contributed by atoms with van der Waals surface area (Å²) in [4.78, 5) is 13.6. The number of rotatable bonds is 6. The van der Waals surface area contributed by atoms with Gasteiger partial charge in [0.25, 0.3) is 5.91 Å². The van der Waals surface area contributed by atoms with Crippen LogP contribution in [0.1, 0.15) is 17.4 Å². The predicted molar refractivity (Wildman–Crippen MR) is 67.1 cm³/mol. The molecule has 0 aliphatic carbocycles. The summed E-state index contributed by atoms with van der Waals surface area (Å²) in [5, 5.41) is 13.6. The van der Waals surface area contributed by atoms with Gasteiger partial charge in [0, 0.05) is 19.6 Å². The van der Waals surface area contributed by atoms with Gasteiger partial charge in [-0.25, -0.2) is 0 Å². The molecular formula is C11H19N5O. The monoisotopic (exact) mass is 237 g/mol. The number of carbonyl (C=O) groups is 1. The Bertz CT molecular complexity index is 349. The van der Waals surface area contributed by atoms with Crippen molar-refractivity contribution in [1.82, 2.24) is 20.4 Å². The number of likely N-dealkylation sites (N-methyl/N-ethyl adjacent to an activating group) is 1. The van der Waals surface area contributed by atoms with Crippen LogP contribution >= 0.6 is 0 Å². The van der Waals surface area contributed by atoms with E-state index in [2.05, 4.69) is 20.8 Å². The molecule has 0 aliphatic rings. The quantitative estimate of drug-likeness (QED) is 0.739. The van der Waals surface area contributed by atoms with E-state index < -0.39 is 0 Å². The normalized spacial score (nSPS) is 10.4. The van der Waals surface area contributed by atoms with Crippen LogP contribution in [0.5, 0.6) is 0 Å². The van der Waals surface area contributed by atoms with Crippen LogP contribution in [0.2, 0.25) is 0 Å². The number of hydrogen-bond donors (Lipinski definition) is 2. The molecule has 0 fully saturated rings. The molecular weight excluding hydrogens is 218 g/mol. The Morgan fingerprint density at radius 3 is 2.65 bits per heavy atom. The van der Waals surface area contributed by atoms with Crippen molar-refractivity contribution in [2.24, 2.45) is 0 Å². The highest BCUT2D eigenvalue weighted by Gasteiger charge is 2.07. The van der Waals surface area contributed by atoms with Crippen LogP contribution < -0.4 is 10.6 Å². The van der Waals surface area contributed by atoms with E-state index in [9.17, 15) is 4.79 Å². The molecule has 0 atom stereocenters. The minimum atomic E-state index is -0.192. The first kappa shape index (κ1) is 13.4. The molecule has 0 aliphatic heterocycles. The van der Waals surface area contributed by atoms with E-state index in [1.807, 2.05) is 25.9 Å². The summed E-state index contributed by atoms with van der Waals surface area (Å²) < 4.78 is 0. The molecule has 2 N–H and O–H groups in total. The summed E-state index contributed by atoms with van der Waals surface area (Å²) in [5.74, 6) is 0.486. The van der Waals surface area contributed by atoms with E-state index >= 15 is 0 Å². The van der Waals surface area contributed by atoms with Crippen LogP contribution in [0.15, 0.2) is 12.1 Å². The van der Waals surface area contributed by atoms with Gasteiger partial charge in [0.2, 0.25) is 0 Å². The molecule has 94 valence electrons. The Labute approximate surface area is 101 Å². The zero-order valence-corrected chi connectivity index (χ0v) is 10.5. The molecule has 1 aromatic heterocycles. The fourth-order valence-electron chi connectivity index (χ4n) is 1.21. The van der Waals surface area contributed by atoms with E-state index in [1.54, 1.807) is 12.1 Å². The first-order valence-electron chi connectivity index (χ1n) is 5.64. The van der Waals surface area contributed by atoms with Gasteiger partial charge in [0.15, 0.2) is 5.69 Å². The second-order valence-electron chi connectivity index (χ2n) is 3.89. The molecule has 1 amide bonds. The maximum Gasteiger partial charge on any atom is 0.271 e. The molecule has 0 aromatic carbocycles. The maximum absolute atomic E-state index is 11.6. The number of nitrogens with zero attached hydrogens (tertiary/aromatic N) is 3. The second-order valence-corrected chi connectivity index (χ2v) is 3.89. The number of carbonyl (C=O) groups excluding carboxylic acids is 1. The first-order chi connectivity index (χ1) is 8.13. The minimum Gasteiger partial charge on any atom is -0.369 e. The summed E-state index contributed by atoms with van der Waals surface area (Å²) in [6, 6.07) is 3.41. The third-order valence-electron chi connectivity index (χ3n) is 2.10. The average Bonchev–Trinajstić information content (AvgIpc) is 2.30. The van der Waals surface area contributed by atoms with Gasteiger partial charge in [-0.2, -0.15) is 0 Å². The topological polar surface area (TPSA) is 70.2 Å². The van der Waals surface area contributed by atoms with Crippen molar-refractivity contribution in [2.75, 3.05) is 39.0 Å². The Morgan fingerprint density at radius 1 is 1.35 bits per heavy atom. The van der Waals surface area contributed by atoms with Gasteiger partial charge in [0.05, 0.1) is 0 Å². The summed E-state index contributed by atoms with van der Waals surface area (Å²) in [6.07, 6.45) is 0. The maximum atomic E-state index is 11.6. The Morgan fingerprint density at radius 2 is 2.12 bits per heavy atom. The van der Waals surface area contributed by atoms with Crippen molar-refractivity contribution in [2.45, 2.75) is 6.92 Å². The minimum absolute atomic E-state index is 0.192. The first-order valence-corrected chi connectivity index (χ1v) is 5.64. The highest BCUT2D eigenvalue weighted by Crippen LogP contribution is 2.01. The highest BCUT2D eigenvalue weighted by atomic mass is 16.1. The summed E-state index contributed by atoms with van der Waals surface area (Å²) in [6.45, 7) is 4.16. The highest BCUT2D eigenvalue weighted by molar-refractivity contribution is 5.92.